The van der Waals surface area contributed by atoms with Gasteiger partial charge in [0.05, 0.1) is 6.04 Å². The van der Waals surface area contributed by atoms with Crippen molar-refractivity contribution >= 4 is 65.0 Å². The van der Waals surface area contributed by atoms with Crippen LogP contribution >= 0.6 is 0 Å². The van der Waals surface area contributed by atoms with Crippen LogP contribution in [-0.2, 0) is 63.9 Å². The number of rotatable bonds is 40. The number of hydrogen-bond donors (Lipinski definition) is 15. The smallest absolute Gasteiger partial charge is 0.329 e. The van der Waals surface area contributed by atoms with Gasteiger partial charge in [-0.05, 0) is 153 Å². The van der Waals surface area contributed by atoms with E-state index in [0.29, 0.717) is 83.6 Å². The fraction of sp³-hybridized carbons (Fsp3) is 0.734. The minimum atomic E-state index is -1.64. The molecule has 16 atom stereocenters. The normalized spacial score (nSPS) is 20.9. The Kier molecular flexibility index (Phi) is 38.0. The summed E-state index contributed by atoms with van der Waals surface area (Å²) < 4.78 is 5.83. The lowest BCUT2D eigenvalue weighted by atomic mass is 9.94. The molecule has 0 saturated carbocycles. The van der Waals surface area contributed by atoms with Crippen LogP contribution in [0.15, 0.2) is 30.3 Å². The van der Waals surface area contributed by atoms with E-state index in [2.05, 4.69) is 58.5 Å². The molecule has 0 spiro atoms. The third-order valence-electron chi connectivity index (χ3n) is 17.3. The number of nitrogens with one attached hydrogen (secondary N) is 11. The number of likely N-dealkylation sites (N-methyl/N-ethyl adjacent to an activating group) is 1. The quantitative estimate of drug-likeness (QED) is 0.0302. The van der Waals surface area contributed by atoms with Crippen LogP contribution in [0.3, 0.4) is 0 Å². The van der Waals surface area contributed by atoms with E-state index in [9.17, 15) is 52.7 Å². The fourth-order valence-corrected chi connectivity index (χ4v) is 10.3. The molecule has 10 amide bonds. The summed E-state index contributed by atoms with van der Waals surface area (Å²) >= 11 is 0. The summed E-state index contributed by atoms with van der Waals surface area (Å²) in [7, 11) is 1.66. The molecule has 91 heavy (non-hydrogen) atoms. The van der Waals surface area contributed by atoms with Crippen molar-refractivity contribution in [2.45, 2.75) is 245 Å². The van der Waals surface area contributed by atoms with Gasteiger partial charge in [0.2, 0.25) is 59.1 Å². The Labute approximate surface area is 539 Å². The molecule has 2 rings (SSSR count). The van der Waals surface area contributed by atoms with Crippen LogP contribution in [0.1, 0.15) is 171 Å². The highest BCUT2D eigenvalue weighted by atomic mass is 16.5. The minimum absolute atomic E-state index is 0.00519. The van der Waals surface area contributed by atoms with Gasteiger partial charge in [0.15, 0.2) is 0 Å². The van der Waals surface area contributed by atoms with E-state index in [4.69, 9.17) is 27.7 Å². The molecule has 27 heteroatoms. The van der Waals surface area contributed by atoms with Crippen LogP contribution in [0.25, 0.3) is 0 Å². The maximum absolute atomic E-state index is 14.7. The highest BCUT2D eigenvalue weighted by molar-refractivity contribution is 5.99. The van der Waals surface area contributed by atoms with E-state index < -0.39 is 155 Å². The number of carbonyl (C=O) groups excluding carboxylic acids is 11. The van der Waals surface area contributed by atoms with Crippen molar-refractivity contribution in [2.75, 3.05) is 33.2 Å². The molecular weight excluding hydrogens is 1170 g/mol. The second-order valence-corrected chi connectivity index (χ2v) is 24.4. The van der Waals surface area contributed by atoms with Crippen molar-refractivity contribution in [1.29, 1.82) is 0 Å². The van der Waals surface area contributed by atoms with Crippen molar-refractivity contribution in [3.05, 3.63) is 35.9 Å². The van der Waals surface area contributed by atoms with Gasteiger partial charge >= 0.3 is 5.97 Å². The first-order valence-electron chi connectivity index (χ1n) is 33.1. The summed E-state index contributed by atoms with van der Waals surface area (Å²) in [6.45, 7) is 18.1. The van der Waals surface area contributed by atoms with Crippen molar-refractivity contribution in [2.24, 2.45) is 46.6 Å². The first kappa shape index (κ1) is 80.3. The lowest BCUT2D eigenvalue weighted by Gasteiger charge is -2.32. The number of carbonyl (C=O) groups is 11. The SMILES string of the molecule is CC[C@H](C)[C@H](NC(=O)[C@@H](Cc1ccccc1)NC)C(=O)N[C@@H](CCCCN)C(=O)N[C@H](CCCCN)C(=O)N[C@@H](C(=O)N[C@H](C(=O)N[C@@H](CCCCN)C(=O)N[C@H]1C(=O)N[C@@H](C)C(=O)N[C@@H](CCCN)C(=O)N[C@@H]([C@@H](C)CC)C(=O)O[C@H]1C)[C@@H](C)CC)[C@@H](C)CC. The van der Waals surface area contributed by atoms with E-state index in [-0.39, 0.29) is 51.2 Å². The topological polar surface area (TPSA) is 433 Å². The Hall–Kier alpha value is -6.81. The Morgan fingerprint density at radius 3 is 1.35 bits per heavy atom. The third-order valence-corrected chi connectivity index (χ3v) is 17.3. The molecule has 1 aromatic rings. The van der Waals surface area contributed by atoms with Crippen LogP contribution in [0.2, 0.25) is 0 Å². The van der Waals surface area contributed by atoms with Crippen LogP contribution < -0.4 is 81.4 Å². The number of amides is 10. The van der Waals surface area contributed by atoms with Crippen LogP contribution in [0.4, 0.5) is 0 Å². The molecule has 1 aromatic carbocycles. The maximum atomic E-state index is 14.7. The summed E-state index contributed by atoms with van der Waals surface area (Å²) in [6, 6.07) is -3.77. The zero-order valence-electron chi connectivity index (χ0n) is 56.0. The Morgan fingerprint density at radius 2 is 0.912 bits per heavy atom. The van der Waals surface area contributed by atoms with Gasteiger partial charge < -0.3 is 86.2 Å². The molecule has 0 aliphatic carbocycles. The van der Waals surface area contributed by atoms with Crippen molar-refractivity contribution in [1.82, 2.24) is 58.5 Å². The monoisotopic (exact) mass is 1280 g/mol. The lowest BCUT2D eigenvalue weighted by molar-refractivity contribution is -0.157. The number of ether oxygens (including phenoxy) is 1. The van der Waals surface area contributed by atoms with E-state index in [1.165, 1.54) is 13.8 Å². The molecule has 0 aromatic heterocycles. The van der Waals surface area contributed by atoms with E-state index in [1.54, 1.807) is 34.7 Å². The molecule has 0 unspecified atom stereocenters. The zero-order valence-corrected chi connectivity index (χ0v) is 56.0. The molecule has 1 saturated heterocycles. The Morgan fingerprint density at radius 1 is 0.495 bits per heavy atom. The second-order valence-electron chi connectivity index (χ2n) is 24.4. The molecular formula is C64H113N15O12. The summed E-state index contributed by atoms with van der Waals surface area (Å²) in [6.07, 6.45) is 4.01. The molecule has 1 aliphatic heterocycles. The summed E-state index contributed by atoms with van der Waals surface area (Å²) in [5, 5.41) is 30.7. The zero-order chi connectivity index (χ0) is 68.3. The van der Waals surface area contributed by atoms with Crippen LogP contribution in [0.5, 0.6) is 0 Å². The van der Waals surface area contributed by atoms with Crippen molar-refractivity contribution < 1.29 is 57.5 Å². The number of unbranched alkanes of at least 4 members (excludes halogenated alkanes) is 3. The van der Waals surface area contributed by atoms with Crippen molar-refractivity contribution in [3.63, 3.8) is 0 Å². The molecule has 0 radical (unpaired) electrons. The Balaban J connectivity index is 2.53. The maximum Gasteiger partial charge on any atom is 0.329 e. The summed E-state index contributed by atoms with van der Waals surface area (Å²) in [5.74, 6) is -9.85. The second kappa shape index (κ2) is 43.1. The molecule has 19 N–H and O–H groups in total. The first-order chi connectivity index (χ1) is 43.3. The van der Waals surface area contributed by atoms with E-state index in [1.807, 2.05) is 58.0 Å². The largest absolute Gasteiger partial charge is 0.458 e. The van der Waals surface area contributed by atoms with Gasteiger partial charge in [-0.25, -0.2) is 4.79 Å². The fourth-order valence-electron chi connectivity index (χ4n) is 10.3. The lowest BCUT2D eigenvalue weighted by Crippen LogP contribution is -2.63. The van der Waals surface area contributed by atoms with Gasteiger partial charge in [0.1, 0.15) is 66.5 Å². The third kappa shape index (κ3) is 27.1. The molecule has 516 valence electrons. The molecule has 1 heterocycles. The molecule has 27 nitrogen and oxygen atoms in total. The summed E-state index contributed by atoms with van der Waals surface area (Å²) in [5.41, 5.74) is 24.2. The average molecular weight is 1280 g/mol. The first-order valence-corrected chi connectivity index (χ1v) is 33.1. The van der Waals surface area contributed by atoms with Gasteiger partial charge in [-0.15, -0.1) is 0 Å². The molecule has 1 fully saturated rings. The molecule has 0 bridgehead atoms. The number of benzene rings is 1. The van der Waals surface area contributed by atoms with Gasteiger partial charge in [0.25, 0.3) is 0 Å². The van der Waals surface area contributed by atoms with Gasteiger partial charge in [0, 0.05) is 0 Å². The Bertz CT molecular complexity index is 2460. The van der Waals surface area contributed by atoms with E-state index >= 15 is 0 Å². The van der Waals surface area contributed by atoms with Crippen molar-refractivity contribution in [3.8, 4) is 0 Å². The number of hydrogen-bond acceptors (Lipinski definition) is 17. The predicted octanol–water partition coefficient (Wildman–Crippen LogP) is -0.0594. The van der Waals surface area contributed by atoms with Gasteiger partial charge in [-0.2, -0.15) is 0 Å². The van der Waals surface area contributed by atoms with E-state index in [0.717, 1.165) is 5.56 Å². The highest BCUT2D eigenvalue weighted by Gasteiger charge is 2.41. The number of esters is 1. The van der Waals surface area contributed by atoms with Crippen LogP contribution in [-0.4, -0.2) is 171 Å². The standard InChI is InChI=1S/C64H113N15O12/c1-12-37(5)49(76-59(85)48(69-11)36-43-26-17-16-18-27-43)60(86)73-44(28-19-22-32-65)55(81)72-45(29-20-23-33-66)56(82)75-51(39(7)14-3)62(88)77-50(38(6)13-2)61(87)74-46(30-21-24-34-67)58(84)79-53-42(10)91-64(90)52(40(8)15-4)78-57(83)47(31-25-35-68)71-54(80)41(9)70-63(53)89/h16-18,26-27,37-42,44-53,69H,12-15,19-25,28-36,65-68H2,1-11H3,(H,70,89)(H,71,80)(H,72,81)(H,73,86)(H,74,87)(H,75,82)(H,76,85)(H,77,88)(H,78,83)(H,79,84)/t37-,38-,39-,40-,41-,42-,44-,45+,46-,47-,48+,49-,50-,51+,52-,53+/m0/s1. The number of cyclic esters (lactones) is 1. The minimum Gasteiger partial charge on any atom is -0.458 e. The van der Waals surface area contributed by atoms with Crippen LogP contribution in [0, 0.1) is 23.7 Å². The van der Waals surface area contributed by atoms with Gasteiger partial charge in [-0.3, -0.25) is 47.9 Å². The summed E-state index contributed by atoms with van der Waals surface area (Å²) in [4.78, 5) is 156. The average Bonchev–Trinajstić information content (AvgIpc) is 1.90. The molecule has 1 aliphatic rings. The highest BCUT2D eigenvalue weighted by Crippen LogP contribution is 2.18. The van der Waals surface area contributed by atoms with Gasteiger partial charge in [-0.1, -0.05) is 111 Å². The number of nitrogens with two attached hydrogens (primary N) is 4. The predicted molar refractivity (Wildman–Crippen MR) is 348 cm³/mol.